The zero-order chi connectivity index (χ0) is 7.98. The van der Waals surface area contributed by atoms with Crippen LogP contribution in [0, 0.1) is 0 Å². The van der Waals surface area contributed by atoms with E-state index >= 15 is 0 Å². The van der Waals surface area contributed by atoms with E-state index in [-0.39, 0.29) is 5.16 Å². The third kappa shape index (κ3) is 5.89. The van der Waals surface area contributed by atoms with Gasteiger partial charge in [-0.1, -0.05) is 37.3 Å². The summed E-state index contributed by atoms with van der Waals surface area (Å²) in [6.45, 7) is 7.24. The first-order chi connectivity index (χ1) is 4.66. The average molecular weight is 160 g/mol. The Hall–Kier alpha value is -0.240. The highest BCUT2D eigenvalue weighted by atomic mass is 32.2. The molecule has 0 bridgehead atoms. The van der Waals surface area contributed by atoms with Crippen LogP contribution in [0.4, 0.5) is 4.39 Å². The van der Waals surface area contributed by atoms with E-state index in [2.05, 4.69) is 13.5 Å². The second kappa shape index (κ2) is 5.54. The summed E-state index contributed by atoms with van der Waals surface area (Å²) in [5, 5.41) is 1.47. The Balaban J connectivity index is 3.57. The summed E-state index contributed by atoms with van der Waals surface area (Å²) in [6, 6.07) is 0. The number of hydrogen-bond acceptors (Lipinski definition) is 1. The molecule has 0 atom stereocenters. The predicted octanol–water partition coefficient (Wildman–Crippen LogP) is 3.86. The molecule has 0 spiro atoms. The summed E-state index contributed by atoms with van der Waals surface area (Å²) in [4.78, 5) is 0. The molecule has 0 fully saturated rings. The first-order valence-electron chi connectivity index (χ1n) is 3.33. The molecule has 0 saturated heterocycles. The standard InChI is InChI=1S/C8H13FS/c1-4-5-7(2)6-10-8(3)9/h6H,3-5H2,1-2H3/b7-6-. The van der Waals surface area contributed by atoms with Gasteiger partial charge in [-0.2, -0.15) is 4.39 Å². The fourth-order valence-corrected chi connectivity index (χ4v) is 1.06. The van der Waals surface area contributed by atoms with Crippen molar-refractivity contribution in [2.75, 3.05) is 0 Å². The van der Waals surface area contributed by atoms with Crippen LogP contribution in [0.5, 0.6) is 0 Å². The normalized spacial score (nSPS) is 11.7. The molecule has 58 valence electrons. The van der Waals surface area contributed by atoms with Gasteiger partial charge >= 0.3 is 0 Å². The minimum absolute atomic E-state index is 0.338. The molecule has 0 aromatic carbocycles. The molecule has 0 aromatic heterocycles. The zero-order valence-electron chi connectivity index (χ0n) is 6.48. The summed E-state index contributed by atoms with van der Waals surface area (Å²) in [5.41, 5.74) is 1.21. The van der Waals surface area contributed by atoms with Crippen LogP contribution in [-0.4, -0.2) is 0 Å². The van der Waals surface area contributed by atoms with Crippen LogP contribution in [0.2, 0.25) is 0 Å². The Bertz CT molecular complexity index is 138. The van der Waals surface area contributed by atoms with E-state index < -0.39 is 0 Å². The minimum atomic E-state index is -0.338. The lowest BCUT2D eigenvalue weighted by Gasteiger charge is -1.94. The Morgan fingerprint density at radius 2 is 2.30 bits per heavy atom. The maximum Gasteiger partial charge on any atom is 0.153 e. The SMILES string of the molecule is C=C(F)S/C=C(/C)CCC. The summed E-state index contributed by atoms with van der Waals surface area (Å²) >= 11 is 1.06. The quantitative estimate of drug-likeness (QED) is 0.601. The third-order valence-corrected chi connectivity index (χ3v) is 1.81. The third-order valence-electron chi connectivity index (χ3n) is 1.03. The first kappa shape index (κ1) is 9.76. The first-order valence-corrected chi connectivity index (χ1v) is 4.21. The fourth-order valence-electron chi connectivity index (χ4n) is 0.618. The van der Waals surface area contributed by atoms with E-state index in [1.165, 1.54) is 5.57 Å². The Kier molecular flexibility index (Phi) is 5.40. The molecular formula is C8H13FS. The molecule has 0 heterocycles. The molecule has 0 aromatic rings. The molecule has 10 heavy (non-hydrogen) atoms. The van der Waals surface area contributed by atoms with Gasteiger partial charge in [0.15, 0.2) is 5.16 Å². The van der Waals surface area contributed by atoms with Crippen LogP contribution in [-0.2, 0) is 0 Å². The second-order valence-corrected chi connectivity index (χ2v) is 3.10. The van der Waals surface area contributed by atoms with Crippen LogP contribution in [0.25, 0.3) is 0 Å². The van der Waals surface area contributed by atoms with Crippen LogP contribution in [0.1, 0.15) is 26.7 Å². The Morgan fingerprint density at radius 3 is 2.70 bits per heavy atom. The van der Waals surface area contributed by atoms with Crippen molar-refractivity contribution >= 4 is 11.8 Å². The van der Waals surface area contributed by atoms with Crippen LogP contribution in [0.3, 0.4) is 0 Å². The Morgan fingerprint density at radius 1 is 1.70 bits per heavy atom. The largest absolute Gasteiger partial charge is 0.200 e. The summed E-state index contributed by atoms with van der Waals surface area (Å²) in [7, 11) is 0. The van der Waals surface area contributed by atoms with Crippen molar-refractivity contribution in [1.29, 1.82) is 0 Å². The molecule has 2 heteroatoms. The van der Waals surface area contributed by atoms with Gasteiger partial charge in [-0.3, -0.25) is 0 Å². The smallest absolute Gasteiger partial charge is 0.153 e. The van der Waals surface area contributed by atoms with Gasteiger partial charge in [-0.05, 0) is 18.8 Å². The lowest BCUT2D eigenvalue weighted by molar-refractivity contribution is 0.704. The highest BCUT2D eigenvalue weighted by Crippen LogP contribution is 2.19. The van der Waals surface area contributed by atoms with Crippen molar-refractivity contribution in [3.05, 3.63) is 22.7 Å². The second-order valence-electron chi connectivity index (χ2n) is 2.19. The molecular weight excluding hydrogens is 147 g/mol. The maximum atomic E-state index is 12.0. The maximum absolute atomic E-state index is 12.0. The number of rotatable bonds is 4. The number of halogens is 1. The van der Waals surface area contributed by atoms with E-state index in [4.69, 9.17) is 0 Å². The lowest BCUT2D eigenvalue weighted by Crippen LogP contribution is -1.71. The molecule has 0 unspecified atom stereocenters. The van der Waals surface area contributed by atoms with Crippen LogP contribution in [0.15, 0.2) is 22.7 Å². The summed E-state index contributed by atoms with van der Waals surface area (Å²) in [5.74, 6) is 0. The van der Waals surface area contributed by atoms with Gasteiger partial charge in [0.1, 0.15) is 0 Å². The fraction of sp³-hybridized carbons (Fsp3) is 0.500. The van der Waals surface area contributed by atoms with Gasteiger partial charge in [0.2, 0.25) is 0 Å². The molecule has 0 saturated carbocycles. The van der Waals surface area contributed by atoms with E-state index in [9.17, 15) is 4.39 Å². The topological polar surface area (TPSA) is 0 Å². The number of thioether (sulfide) groups is 1. The monoisotopic (exact) mass is 160 g/mol. The minimum Gasteiger partial charge on any atom is -0.200 e. The molecule has 0 nitrogen and oxygen atoms in total. The Labute approximate surface area is 66.2 Å². The van der Waals surface area contributed by atoms with Gasteiger partial charge in [0.25, 0.3) is 0 Å². The van der Waals surface area contributed by atoms with Crippen molar-refractivity contribution in [2.45, 2.75) is 26.7 Å². The highest BCUT2D eigenvalue weighted by molar-refractivity contribution is 8.05. The van der Waals surface area contributed by atoms with Crippen molar-refractivity contribution in [3.8, 4) is 0 Å². The van der Waals surface area contributed by atoms with Crippen molar-refractivity contribution in [2.24, 2.45) is 0 Å². The van der Waals surface area contributed by atoms with Gasteiger partial charge in [-0.15, -0.1) is 0 Å². The van der Waals surface area contributed by atoms with E-state index in [1.54, 1.807) is 0 Å². The van der Waals surface area contributed by atoms with Gasteiger partial charge in [0, 0.05) is 0 Å². The molecule has 0 radical (unpaired) electrons. The van der Waals surface area contributed by atoms with E-state index in [0.717, 1.165) is 24.6 Å². The van der Waals surface area contributed by atoms with Gasteiger partial charge in [0.05, 0.1) is 0 Å². The zero-order valence-corrected chi connectivity index (χ0v) is 7.30. The molecule has 0 aliphatic rings. The number of hydrogen-bond donors (Lipinski definition) is 0. The molecule has 0 rings (SSSR count). The van der Waals surface area contributed by atoms with E-state index in [1.807, 2.05) is 12.3 Å². The van der Waals surface area contributed by atoms with Crippen molar-refractivity contribution in [3.63, 3.8) is 0 Å². The summed E-state index contributed by atoms with van der Waals surface area (Å²) < 4.78 is 12.0. The van der Waals surface area contributed by atoms with Gasteiger partial charge < -0.3 is 0 Å². The lowest BCUT2D eigenvalue weighted by atomic mass is 10.2. The predicted molar refractivity (Wildman–Crippen MR) is 46.5 cm³/mol. The van der Waals surface area contributed by atoms with Crippen LogP contribution >= 0.6 is 11.8 Å². The van der Waals surface area contributed by atoms with Crippen LogP contribution < -0.4 is 0 Å². The summed E-state index contributed by atoms with van der Waals surface area (Å²) in [6.07, 6.45) is 2.15. The highest BCUT2D eigenvalue weighted by Gasteiger charge is 1.89. The van der Waals surface area contributed by atoms with E-state index in [0.29, 0.717) is 0 Å². The van der Waals surface area contributed by atoms with Crippen molar-refractivity contribution < 1.29 is 4.39 Å². The average Bonchev–Trinajstić information content (AvgIpc) is 1.85. The molecule has 0 aliphatic carbocycles. The molecule has 0 amide bonds. The number of allylic oxidation sites excluding steroid dienone is 1. The molecule has 0 aliphatic heterocycles. The molecule has 0 N–H and O–H groups in total. The van der Waals surface area contributed by atoms with Gasteiger partial charge in [-0.25, -0.2) is 0 Å². The van der Waals surface area contributed by atoms with Crippen molar-refractivity contribution in [1.82, 2.24) is 0 Å².